The maximum Gasteiger partial charge on any atom is 0.334 e. The van der Waals surface area contributed by atoms with Crippen molar-refractivity contribution in [3.8, 4) is 0 Å². The van der Waals surface area contributed by atoms with Crippen LogP contribution in [0.1, 0.15) is 34.8 Å². The smallest absolute Gasteiger partial charge is 0.334 e. The molecule has 0 saturated carbocycles. The van der Waals surface area contributed by atoms with Gasteiger partial charge in [-0.2, -0.15) is 0 Å². The summed E-state index contributed by atoms with van der Waals surface area (Å²) in [6, 6.07) is 5.76. The molecule has 1 aliphatic rings. The summed E-state index contributed by atoms with van der Waals surface area (Å²) in [4.78, 5) is 24.0. The van der Waals surface area contributed by atoms with E-state index in [-0.39, 0.29) is 11.8 Å². The molecule has 3 heteroatoms. The third-order valence-electron chi connectivity index (χ3n) is 3.33. The molecule has 0 radical (unpaired) electrons. The fourth-order valence-corrected chi connectivity index (χ4v) is 2.27. The number of aryl methyl sites for hydroxylation is 2. The van der Waals surface area contributed by atoms with E-state index in [0.29, 0.717) is 29.7 Å². The molecule has 0 atom stereocenters. The highest BCUT2D eigenvalue weighted by atomic mass is 16.5. The highest BCUT2D eigenvalue weighted by Gasteiger charge is 2.25. The molecule has 0 saturated heterocycles. The van der Waals surface area contributed by atoms with Gasteiger partial charge in [0.25, 0.3) is 0 Å². The first-order valence-electron chi connectivity index (χ1n) is 6.00. The van der Waals surface area contributed by atoms with Gasteiger partial charge in [0.2, 0.25) is 0 Å². The summed E-state index contributed by atoms with van der Waals surface area (Å²) in [5.74, 6) is -0.421. The van der Waals surface area contributed by atoms with Crippen LogP contribution in [0, 0.1) is 13.8 Å². The summed E-state index contributed by atoms with van der Waals surface area (Å²) < 4.78 is 4.92. The van der Waals surface area contributed by atoms with Crippen LogP contribution in [0.2, 0.25) is 0 Å². The first kappa shape index (κ1) is 12.6. The van der Waals surface area contributed by atoms with Crippen LogP contribution in [-0.2, 0) is 9.53 Å². The number of benzene rings is 1. The van der Waals surface area contributed by atoms with E-state index in [1.54, 1.807) is 6.92 Å². The maximum atomic E-state index is 12.5. The quantitative estimate of drug-likeness (QED) is 0.593. The standard InChI is InChI=1S/C15H16O3/c1-9-5-4-6-10(2)13(9)14(16)12-7-8-18-15(17)11(12)3/h4-6H,7-8H2,1-3H3. The summed E-state index contributed by atoms with van der Waals surface area (Å²) in [5.41, 5.74) is 3.62. The fraction of sp³-hybridized carbons (Fsp3) is 0.333. The van der Waals surface area contributed by atoms with Gasteiger partial charge in [-0.05, 0) is 31.9 Å². The van der Waals surface area contributed by atoms with Crippen LogP contribution in [0.15, 0.2) is 29.3 Å². The van der Waals surface area contributed by atoms with Gasteiger partial charge in [0.1, 0.15) is 0 Å². The second-order valence-corrected chi connectivity index (χ2v) is 4.59. The Bertz CT molecular complexity index is 533. The lowest BCUT2D eigenvalue weighted by Gasteiger charge is -2.18. The first-order chi connectivity index (χ1) is 8.52. The third kappa shape index (κ3) is 2.08. The van der Waals surface area contributed by atoms with Crippen molar-refractivity contribution in [3.63, 3.8) is 0 Å². The number of cyclic esters (lactones) is 1. The normalized spacial score (nSPS) is 15.6. The molecule has 0 aromatic heterocycles. The zero-order valence-corrected chi connectivity index (χ0v) is 10.9. The molecule has 2 rings (SSSR count). The van der Waals surface area contributed by atoms with Gasteiger partial charge in [-0.25, -0.2) is 4.79 Å². The van der Waals surface area contributed by atoms with Crippen molar-refractivity contribution in [1.29, 1.82) is 0 Å². The monoisotopic (exact) mass is 244 g/mol. The second-order valence-electron chi connectivity index (χ2n) is 4.59. The van der Waals surface area contributed by atoms with Gasteiger partial charge >= 0.3 is 5.97 Å². The molecule has 0 unspecified atom stereocenters. The molecule has 18 heavy (non-hydrogen) atoms. The van der Waals surface area contributed by atoms with Crippen molar-refractivity contribution >= 4 is 11.8 Å². The zero-order valence-electron chi connectivity index (χ0n) is 10.9. The molecule has 0 spiro atoms. The van der Waals surface area contributed by atoms with Crippen molar-refractivity contribution in [1.82, 2.24) is 0 Å². The largest absolute Gasteiger partial charge is 0.462 e. The molecule has 3 nitrogen and oxygen atoms in total. The van der Waals surface area contributed by atoms with Crippen LogP contribution >= 0.6 is 0 Å². The summed E-state index contributed by atoms with van der Waals surface area (Å²) in [6.45, 7) is 5.78. The molecule has 0 fully saturated rings. The average Bonchev–Trinajstić information content (AvgIpc) is 2.32. The number of hydrogen-bond acceptors (Lipinski definition) is 3. The molecule has 1 aromatic carbocycles. The van der Waals surface area contributed by atoms with E-state index in [9.17, 15) is 9.59 Å². The van der Waals surface area contributed by atoms with E-state index in [1.165, 1.54) is 0 Å². The molecule has 0 aliphatic carbocycles. The summed E-state index contributed by atoms with van der Waals surface area (Å²) >= 11 is 0. The van der Waals surface area contributed by atoms with Gasteiger partial charge in [0, 0.05) is 23.1 Å². The topological polar surface area (TPSA) is 43.4 Å². The van der Waals surface area contributed by atoms with Crippen LogP contribution in [-0.4, -0.2) is 18.4 Å². The van der Waals surface area contributed by atoms with Crippen LogP contribution in [0.5, 0.6) is 0 Å². The molecule has 1 aromatic rings. The van der Waals surface area contributed by atoms with Gasteiger partial charge in [-0.15, -0.1) is 0 Å². The summed E-state index contributed by atoms with van der Waals surface area (Å²) in [7, 11) is 0. The van der Waals surface area contributed by atoms with Gasteiger partial charge in [0.15, 0.2) is 5.78 Å². The number of ketones is 1. The fourth-order valence-electron chi connectivity index (χ4n) is 2.27. The predicted octanol–water partition coefficient (Wildman–Crippen LogP) is 2.75. The Hall–Kier alpha value is -1.90. The minimum Gasteiger partial charge on any atom is -0.462 e. The summed E-state index contributed by atoms with van der Waals surface area (Å²) in [6.07, 6.45) is 0.504. The van der Waals surface area contributed by atoms with Crippen LogP contribution in [0.3, 0.4) is 0 Å². The Kier molecular flexibility index (Phi) is 3.32. The number of rotatable bonds is 2. The Morgan fingerprint density at radius 3 is 2.39 bits per heavy atom. The molecule has 1 aliphatic heterocycles. The Morgan fingerprint density at radius 1 is 1.17 bits per heavy atom. The van der Waals surface area contributed by atoms with Crippen LogP contribution in [0.4, 0.5) is 0 Å². The predicted molar refractivity (Wildman–Crippen MR) is 68.5 cm³/mol. The van der Waals surface area contributed by atoms with Gasteiger partial charge in [0.05, 0.1) is 6.61 Å². The maximum absolute atomic E-state index is 12.5. The molecular formula is C15H16O3. The number of Topliss-reactive ketones (excluding diaryl/α,β-unsaturated/α-hetero) is 1. The SMILES string of the molecule is CC1=C(C(=O)c2c(C)cccc2C)CCOC1=O. The van der Waals surface area contributed by atoms with E-state index in [0.717, 1.165) is 11.1 Å². The van der Waals surface area contributed by atoms with Crippen LogP contribution < -0.4 is 0 Å². The van der Waals surface area contributed by atoms with E-state index >= 15 is 0 Å². The highest BCUT2D eigenvalue weighted by molar-refractivity contribution is 6.14. The van der Waals surface area contributed by atoms with Crippen LogP contribution in [0.25, 0.3) is 0 Å². The molecule has 1 heterocycles. The lowest BCUT2D eigenvalue weighted by atomic mass is 9.90. The van der Waals surface area contributed by atoms with Crippen molar-refractivity contribution in [2.45, 2.75) is 27.2 Å². The molecule has 94 valence electrons. The lowest BCUT2D eigenvalue weighted by molar-refractivity contribution is -0.139. The molecular weight excluding hydrogens is 228 g/mol. The number of esters is 1. The number of hydrogen-bond donors (Lipinski definition) is 0. The molecule has 0 amide bonds. The van der Waals surface area contributed by atoms with E-state index in [2.05, 4.69) is 0 Å². The van der Waals surface area contributed by atoms with Crippen molar-refractivity contribution in [3.05, 3.63) is 46.0 Å². The van der Waals surface area contributed by atoms with Gasteiger partial charge in [-0.3, -0.25) is 4.79 Å². The van der Waals surface area contributed by atoms with Gasteiger partial charge < -0.3 is 4.74 Å². The lowest BCUT2D eigenvalue weighted by Crippen LogP contribution is -2.21. The van der Waals surface area contributed by atoms with E-state index < -0.39 is 0 Å². The average molecular weight is 244 g/mol. The Morgan fingerprint density at radius 2 is 1.78 bits per heavy atom. The minimum atomic E-state index is -0.379. The zero-order chi connectivity index (χ0) is 13.3. The Labute approximate surface area is 106 Å². The molecule has 0 N–H and O–H groups in total. The number of carbonyl (C=O) groups is 2. The van der Waals surface area contributed by atoms with E-state index in [1.807, 2.05) is 32.0 Å². The minimum absolute atomic E-state index is 0.0419. The second kappa shape index (κ2) is 4.77. The number of carbonyl (C=O) groups excluding carboxylic acids is 2. The van der Waals surface area contributed by atoms with Crippen molar-refractivity contribution in [2.75, 3.05) is 6.61 Å². The molecule has 0 bridgehead atoms. The number of ether oxygens (including phenoxy) is 1. The van der Waals surface area contributed by atoms with Crippen molar-refractivity contribution < 1.29 is 14.3 Å². The summed E-state index contributed by atoms with van der Waals surface area (Å²) in [5, 5.41) is 0. The van der Waals surface area contributed by atoms with E-state index in [4.69, 9.17) is 4.74 Å². The van der Waals surface area contributed by atoms with Crippen molar-refractivity contribution in [2.24, 2.45) is 0 Å². The highest BCUT2D eigenvalue weighted by Crippen LogP contribution is 2.24. The third-order valence-corrected chi connectivity index (χ3v) is 3.33. The first-order valence-corrected chi connectivity index (χ1v) is 6.00. The Balaban J connectivity index is 2.50. The van der Waals surface area contributed by atoms with Gasteiger partial charge in [-0.1, -0.05) is 18.2 Å².